The average Bonchev–Trinajstić information content (AvgIpc) is 3.38. The van der Waals surface area contributed by atoms with Crippen LogP contribution in [0.25, 0.3) is 5.76 Å². The fourth-order valence-corrected chi connectivity index (χ4v) is 5.84. The number of phenolic OH excluding ortho intramolecular Hbond substituents is 1. The molecule has 2 aromatic rings. The van der Waals surface area contributed by atoms with E-state index < -0.39 is 69.7 Å². The molecule has 3 aliphatic carbocycles. The lowest BCUT2D eigenvalue weighted by atomic mass is 9.57. The molecule has 5 rings (SSSR count). The summed E-state index contributed by atoms with van der Waals surface area (Å²) in [7, 11) is 3.06. The molecule has 38 heavy (non-hydrogen) atoms. The molecule has 1 aromatic heterocycles. The quantitative estimate of drug-likeness (QED) is 0.234. The van der Waals surface area contributed by atoms with Crippen LogP contribution in [0.3, 0.4) is 0 Å². The molecular formula is C25H24N4O9. The van der Waals surface area contributed by atoms with Crippen LogP contribution < -0.4 is 11.1 Å². The van der Waals surface area contributed by atoms with Gasteiger partial charge in [0.05, 0.1) is 23.5 Å². The van der Waals surface area contributed by atoms with Crippen molar-refractivity contribution in [2.24, 2.45) is 17.6 Å². The molecule has 1 fully saturated rings. The summed E-state index contributed by atoms with van der Waals surface area (Å²) in [5.41, 5.74) is 1.64. The minimum atomic E-state index is -2.72. The summed E-state index contributed by atoms with van der Waals surface area (Å²) < 4.78 is 4.79. The number of rotatable bonds is 4. The molecule has 0 spiro atoms. The Morgan fingerprint density at radius 1 is 1.18 bits per heavy atom. The fraction of sp³-hybridized carbons (Fsp3) is 0.320. The predicted octanol–water partition coefficient (Wildman–Crippen LogP) is 0.204. The molecule has 0 aliphatic heterocycles. The smallest absolute Gasteiger partial charge is 0.294 e. The number of fused-ring (bicyclic) bond motifs is 3. The number of aliphatic hydroxyl groups excluding tert-OH is 2. The Morgan fingerprint density at radius 2 is 1.89 bits per heavy atom. The summed E-state index contributed by atoms with van der Waals surface area (Å²) in [5.74, 6) is -8.30. The molecule has 13 heteroatoms. The molecule has 0 saturated heterocycles. The highest BCUT2D eigenvalue weighted by molar-refractivity contribution is 6.24. The van der Waals surface area contributed by atoms with Gasteiger partial charge in [-0.3, -0.25) is 24.1 Å². The van der Waals surface area contributed by atoms with Crippen molar-refractivity contribution in [2.45, 2.75) is 24.5 Å². The minimum Gasteiger partial charge on any atom is -0.508 e. The number of phenols is 1. The second-order valence-electron chi connectivity index (χ2n) is 9.79. The molecule has 0 radical (unpaired) electrons. The Bertz CT molecular complexity index is 1470. The molecular weight excluding hydrogens is 500 g/mol. The number of amides is 2. The van der Waals surface area contributed by atoms with Crippen LogP contribution in [0, 0.1) is 11.8 Å². The van der Waals surface area contributed by atoms with E-state index in [1.54, 1.807) is 6.07 Å². The van der Waals surface area contributed by atoms with Crippen LogP contribution in [0.5, 0.6) is 5.75 Å². The molecule has 3 aliphatic rings. The van der Waals surface area contributed by atoms with Gasteiger partial charge in [-0.2, -0.15) is 0 Å². The number of benzene rings is 1. The Kier molecular flexibility index (Phi) is 5.65. The zero-order chi connectivity index (χ0) is 27.7. The number of ketones is 2. The van der Waals surface area contributed by atoms with Gasteiger partial charge in [0.1, 0.15) is 22.8 Å². The van der Waals surface area contributed by atoms with Crippen molar-refractivity contribution < 1.29 is 44.1 Å². The molecule has 0 unspecified atom stereocenters. The number of nitrogens with two attached hydrogens (primary N) is 1. The van der Waals surface area contributed by atoms with Gasteiger partial charge in [0.25, 0.3) is 11.8 Å². The van der Waals surface area contributed by atoms with Crippen molar-refractivity contribution in [3.05, 3.63) is 58.2 Å². The number of anilines is 1. The number of hydrogen-bond acceptors (Lipinski definition) is 11. The maximum Gasteiger partial charge on any atom is 0.294 e. The third kappa shape index (κ3) is 3.35. The summed E-state index contributed by atoms with van der Waals surface area (Å²) in [5, 5.41) is 50.5. The number of nitrogens with one attached hydrogen (secondary N) is 1. The third-order valence-electron chi connectivity index (χ3n) is 7.50. The molecule has 1 aromatic carbocycles. The number of aliphatic hydroxyl groups is 3. The summed E-state index contributed by atoms with van der Waals surface area (Å²) in [6.07, 6.45) is 1.38. The van der Waals surface area contributed by atoms with E-state index in [0.717, 1.165) is 0 Å². The highest BCUT2D eigenvalue weighted by atomic mass is 16.5. The van der Waals surface area contributed by atoms with E-state index in [4.69, 9.17) is 10.3 Å². The number of hydrogen-bond donors (Lipinski definition) is 6. The third-order valence-corrected chi connectivity index (χ3v) is 7.50. The van der Waals surface area contributed by atoms with Gasteiger partial charge in [-0.25, -0.2) is 0 Å². The van der Waals surface area contributed by atoms with E-state index in [1.807, 2.05) is 0 Å². The highest BCUT2D eigenvalue weighted by Crippen LogP contribution is 2.53. The van der Waals surface area contributed by atoms with E-state index in [0.29, 0.717) is 5.56 Å². The number of Topliss-reactive ketones (excluding diaryl/α,β-unsaturated/α-hetero) is 2. The lowest BCUT2D eigenvalue weighted by Gasteiger charge is -2.50. The second-order valence-corrected chi connectivity index (χ2v) is 9.79. The monoisotopic (exact) mass is 524 g/mol. The number of carbonyl (C=O) groups excluding carboxylic acids is 4. The summed E-state index contributed by atoms with van der Waals surface area (Å²) in [4.78, 5) is 52.7. The minimum absolute atomic E-state index is 0.0174. The number of nitrogens with zero attached hydrogens (tertiary/aromatic N) is 2. The van der Waals surface area contributed by atoms with Crippen LogP contribution >= 0.6 is 0 Å². The van der Waals surface area contributed by atoms with Gasteiger partial charge in [0, 0.05) is 17.6 Å². The first kappa shape index (κ1) is 25.2. The number of aromatic nitrogens is 1. The van der Waals surface area contributed by atoms with Gasteiger partial charge in [-0.1, -0.05) is 11.2 Å². The van der Waals surface area contributed by atoms with E-state index in [-0.39, 0.29) is 35.4 Å². The number of carbonyl (C=O) groups is 4. The van der Waals surface area contributed by atoms with Gasteiger partial charge in [0.2, 0.25) is 11.5 Å². The Balaban J connectivity index is 1.63. The van der Waals surface area contributed by atoms with Gasteiger partial charge in [0.15, 0.2) is 11.4 Å². The Labute approximate surface area is 214 Å². The molecule has 2 amide bonds. The summed E-state index contributed by atoms with van der Waals surface area (Å²) >= 11 is 0. The van der Waals surface area contributed by atoms with Gasteiger partial charge in [-0.05, 0) is 44.5 Å². The first-order valence-corrected chi connectivity index (χ1v) is 11.6. The molecule has 1 heterocycles. The molecule has 0 bridgehead atoms. The lowest BCUT2D eigenvalue weighted by Crippen LogP contribution is -2.65. The van der Waals surface area contributed by atoms with Crippen LogP contribution in [0.15, 0.2) is 45.8 Å². The maximum absolute atomic E-state index is 13.8. The largest absolute Gasteiger partial charge is 0.508 e. The first-order chi connectivity index (χ1) is 17.9. The van der Waals surface area contributed by atoms with Crippen molar-refractivity contribution in [2.75, 3.05) is 19.4 Å². The number of aromatic hydroxyl groups is 1. The topological polar surface area (TPSA) is 217 Å². The normalized spacial score (nSPS) is 26.7. The molecule has 198 valence electrons. The predicted molar refractivity (Wildman–Crippen MR) is 129 cm³/mol. The molecule has 7 N–H and O–H groups in total. The first-order valence-electron chi connectivity index (χ1n) is 11.6. The molecule has 13 nitrogen and oxygen atoms in total. The second kappa shape index (κ2) is 8.53. The average molecular weight is 524 g/mol. The van der Waals surface area contributed by atoms with E-state index >= 15 is 0 Å². The summed E-state index contributed by atoms with van der Waals surface area (Å²) in [6.45, 7) is 0. The van der Waals surface area contributed by atoms with E-state index in [1.165, 1.54) is 37.3 Å². The fourth-order valence-electron chi connectivity index (χ4n) is 5.84. The summed E-state index contributed by atoms with van der Waals surface area (Å²) in [6, 6.07) is 3.13. The Hall–Kier alpha value is -4.49. The van der Waals surface area contributed by atoms with E-state index in [2.05, 4.69) is 10.5 Å². The molecule has 1 saturated carbocycles. The van der Waals surface area contributed by atoms with Crippen LogP contribution in [0.2, 0.25) is 0 Å². The maximum atomic E-state index is 13.8. The van der Waals surface area contributed by atoms with Crippen LogP contribution in [-0.2, 0) is 20.8 Å². The number of likely N-dealkylation sites (N-methyl/N-ethyl adjacent to an activating group) is 1. The van der Waals surface area contributed by atoms with Crippen molar-refractivity contribution in [3.63, 3.8) is 0 Å². The standard InChI is InChI=1S/C25H24N4O9/c1-29(2)17-11-8-10-7-9-3-4-12(28-24(36)13-5-6-27-38-13)18(30)14(9)19(31)15(10)21(33)25(11,37)22(34)16(20(17)32)23(26)35/h3-6,10-11,17,30-31,34,37H,7-8H2,1-2H3,(H2,26,35)(H,28,36)/t10-,11-,17-,25+/m1/s1. The SMILES string of the molecule is CN(C)[C@H]1C(=O)C(C(N)=O)=C(O)[C@@]2(O)C(=O)C3=C(O)c4c(ccc(NC(=O)c5ccno5)c4O)C[C@@H]3C[C@H]12. The zero-order valence-corrected chi connectivity index (χ0v) is 20.3. The van der Waals surface area contributed by atoms with Gasteiger partial charge < -0.3 is 36.0 Å². The zero-order valence-electron chi connectivity index (χ0n) is 20.3. The van der Waals surface area contributed by atoms with E-state index in [9.17, 15) is 39.6 Å². The van der Waals surface area contributed by atoms with Crippen molar-refractivity contribution in [1.82, 2.24) is 10.1 Å². The molecule has 4 atom stereocenters. The number of primary amides is 1. The van der Waals surface area contributed by atoms with Crippen LogP contribution in [0.4, 0.5) is 5.69 Å². The van der Waals surface area contributed by atoms with Crippen LogP contribution in [0.1, 0.15) is 28.1 Å². The van der Waals surface area contributed by atoms with Gasteiger partial charge >= 0.3 is 0 Å². The lowest BCUT2D eigenvalue weighted by molar-refractivity contribution is -0.153. The van der Waals surface area contributed by atoms with Crippen molar-refractivity contribution in [1.29, 1.82) is 0 Å². The van der Waals surface area contributed by atoms with Gasteiger partial charge in [-0.15, -0.1) is 0 Å². The highest BCUT2D eigenvalue weighted by Gasteiger charge is 2.64. The van der Waals surface area contributed by atoms with Crippen molar-refractivity contribution >= 4 is 34.8 Å². The van der Waals surface area contributed by atoms with Crippen LogP contribution in [-0.4, -0.2) is 79.6 Å². The van der Waals surface area contributed by atoms with Crippen molar-refractivity contribution in [3.8, 4) is 5.75 Å². The Morgan fingerprint density at radius 3 is 2.50 bits per heavy atom.